The van der Waals surface area contributed by atoms with Crippen LogP contribution in [0.5, 0.6) is 5.75 Å². The molecular weight excluding hydrogens is 450 g/mol. The van der Waals surface area contributed by atoms with Crippen LogP contribution in [0.2, 0.25) is 5.02 Å². The number of anilines is 1. The molecule has 1 unspecified atom stereocenters. The van der Waals surface area contributed by atoms with E-state index in [9.17, 15) is 13.6 Å². The van der Waals surface area contributed by atoms with Gasteiger partial charge in [0.05, 0.1) is 5.02 Å². The van der Waals surface area contributed by atoms with Gasteiger partial charge in [0.25, 0.3) is 5.91 Å². The van der Waals surface area contributed by atoms with Crippen LogP contribution in [-0.4, -0.2) is 34.9 Å². The van der Waals surface area contributed by atoms with E-state index in [2.05, 4.69) is 4.98 Å². The highest BCUT2D eigenvalue weighted by Crippen LogP contribution is 2.34. The summed E-state index contributed by atoms with van der Waals surface area (Å²) in [5.41, 5.74) is 13.8. The molecule has 3 aromatic rings. The van der Waals surface area contributed by atoms with Crippen molar-refractivity contribution >= 4 is 23.3 Å². The largest absolute Gasteiger partial charge is 0.482 e. The van der Waals surface area contributed by atoms with Gasteiger partial charge in [-0.3, -0.25) is 4.79 Å². The van der Waals surface area contributed by atoms with Crippen molar-refractivity contribution in [2.24, 2.45) is 5.73 Å². The van der Waals surface area contributed by atoms with Crippen LogP contribution in [0.15, 0.2) is 48.7 Å². The van der Waals surface area contributed by atoms with Gasteiger partial charge < -0.3 is 21.1 Å². The Morgan fingerprint density at radius 3 is 2.55 bits per heavy atom. The number of nitrogen functional groups attached to an aromatic ring is 1. The summed E-state index contributed by atoms with van der Waals surface area (Å²) in [5, 5.41) is -0.343. The van der Waals surface area contributed by atoms with Gasteiger partial charge in [-0.2, -0.15) is 0 Å². The predicted octanol–water partition coefficient (Wildman–Crippen LogP) is 4.58. The number of pyridine rings is 1. The minimum absolute atomic E-state index is 0.0191. The molecule has 0 spiro atoms. The second kappa shape index (κ2) is 9.33. The molecule has 1 saturated heterocycles. The standard InChI is InChI=1S/C24H23ClF2N4O2/c1-13(21-18(26)6-7-19(27)22(21)25)33-20-10-16(11-30-23(20)29)14-2-4-15(5-3-14)24(32)31-9-8-17(28)12-31/h2-7,10-11,13,17H,8-9,12,28H2,1H3,(H2,29,30)/t13?,17-/m0/s1. The van der Waals surface area contributed by atoms with Crippen LogP contribution < -0.4 is 16.2 Å². The third-order valence-corrected chi connectivity index (χ3v) is 6.03. The maximum Gasteiger partial charge on any atom is 0.253 e. The molecule has 6 nitrogen and oxygen atoms in total. The van der Waals surface area contributed by atoms with Crippen molar-refractivity contribution in [3.05, 3.63) is 76.4 Å². The number of hydrogen-bond donors (Lipinski definition) is 2. The maximum absolute atomic E-state index is 14.2. The highest BCUT2D eigenvalue weighted by Gasteiger charge is 2.24. The molecule has 9 heteroatoms. The van der Waals surface area contributed by atoms with Crippen LogP contribution in [0.1, 0.15) is 35.4 Å². The summed E-state index contributed by atoms with van der Waals surface area (Å²) in [6, 6.07) is 10.7. The number of amides is 1. The average molecular weight is 473 g/mol. The van der Waals surface area contributed by atoms with E-state index in [-0.39, 0.29) is 34.1 Å². The number of nitrogens with two attached hydrogens (primary N) is 2. The molecule has 1 aliphatic heterocycles. The Labute approximate surface area is 195 Å². The third kappa shape index (κ3) is 4.77. The second-order valence-corrected chi connectivity index (χ2v) is 8.38. The van der Waals surface area contributed by atoms with E-state index in [1.165, 1.54) is 0 Å². The van der Waals surface area contributed by atoms with Crippen LogP contribution >= 0.6 is 11.6 Å². The quantitative estimate of drug-likeness (QED) is 0.530. The third-order valence-electron chi connectivity index (χ3n) is 5.65. The first kappa shape index (κ1) is 22.9. The molecular formula is C24H23ClF2N4O2. The Bertz CT molecular complexity index is 1190. The molecule has 2 heterocycles. The van der Waals surface area contributed by atoms with Crippen LogP contribution in [0.25, 0.3) is 11.1 Å². The van der Waals surface area contributed by atoms with Crippen molar-refractivity contribution in [3.63, 3.8) is 0 Å². The van der Waals surface area contributed by atoms with Gasteiger partial charge in [0.2, 0.25) is 0 Å². The van der Waals surface area contributed by atoms with Crippen LogP contribution in [0.4, 0.5) is 14.6 Å². The zero-order chi connectivity index (χ0) is 23.7. The van der Waals surface area contributed by atoms with E-state index in [4.69, 9.17) is 27.8 Å². The van der Waals surface area contributed by atoms with Gasteiger partial charge in [0.1, 0.15) is 17.7 Å². The van der Waals surface area contributed by atoms with Gasteiger partial charge in [-0.1, -0.05) is 23.7 Å². The van der Waals surface area contributed by atoms with Crippen LogP contribution in [0, 0.1) is 11.6 Å². The zero-order valence-electron chi connectivity index (χ0n) is 17.9. The molecule has 33 heavy (non-hydrogen) atoms. The fourth-order valence-electron chi connectivity index (χ4n) is 3.83. The summed E-state index contributed by atoms with van der Waals surface area (Å²) in [7, 11) is 0. The summed E-state index contributed by atoms with van der Waals surface area (Å²) in [6.45, 7) is 2.75. The van der Waals surface area contributed by atoms with Gasteiger partial charge in [-0.05, 0) is 49.2 Å². The summed E-state index contributed by atoms with van der Waals surface area (Å²) in [4.78, 5) is 18.5. The number of rotatable bonds is 5. The Morgan fingerprint density at radius 2 is 1.88 bits per heavy atom. The molecule has 1 aliphatic rings. The normalized spacial score (nSPS) is 16.6. The molecule has 1 amide bonds. The van der Waals surface area contributed by atoms with E-state index in [1.807, 2.05) is 0 Å². The fraction of sp³-hybridized carbons (Fsp3) is 0.250. The van der Waals surface area contributed by atoms with E-state index in [0.717, 1.165) is 24.1 Å². The van der Waals surface area contributed by atoms with E-state index < -0.39 is 17.7 Å². The van der Waals surface area contributed by atoms with Crippen LogP contribution in [-0.2, 0) is 0 Å². The lowest BCUT2D eigenvalue weighted by molar-refractivity contribution is 0.0791. The van der Waals surface area contributed by atoms with E-state index in [1.54, 1.807) is 48.4 Å². The lowest BCUT2D eigenvalue weighted by Crippen LogP contribution is -2.31. The Morgan fingerprint density at radius 1 is 1.18 bits per heavy atom. The first-order valence-electron chi connectivity index (χ1n) is 10.5. The number of halogens is 3. The molecule has 4 N–H and O–H groups in total. The summed E-state index contributed by atoms with van der Waals surface area (Å²) < 4.78 is 33.9. The number of likely N-dealkylation sites (tertiary alicyclic amines) is 1. The summed E-state index contributed by atoms with van der Waals surface area (Å²) in [5.74, 6) is -1.19. The average Bonchev–Trinajstić information content (AvgIpc) is 3.24. The number of benzene rings is 2. The van der Waals surface area contributed by atoms with Crippen molar-refractivity contribution in [3.8, 4) is 16.9 Å². The molecule has 0 bridgehead atoms. The van der Waals surface area contributed by atoms with Crippen molar-refractivity contribution < 1.29 is 18.3 Å². The topological polar surface area (TPSA) is 94.5 Å². The number of carbonyl (C=O) groups excluding carboxylic acids is 1. The van der Waals surface area contributed by atoms with Crippen molar-refractivity contribution in [2.45, 2.75) is 25.5 Å². The maximum atomic E-state index is 14.2. The van der Waals surface area contributed by atoms with E-state index >= 15 is 0 Å². The number of hydrogen-bond acceptors (Lipinski definition) is 5. The number of ether oxygens (including phenoxy) is 1. The summed E-state index contributed by atoms with van der Waals surface area (Å²) in [6.07, 6.45) is 1.45. The molecule has 2 aromatic carbocycles. The van der Waals surface area contributed by atoms with Crippen LogP contribution in [0.3, 0.4) is 0 Å². The van der Waals surface area contributed by atoms with Gasteiger partial charge in [0, 0.05) is 42.0 Å². The van der Waals surface area contributed by atoms with Gasteiger partial charge in [-0.15, -0.1) is 0 Å². The molecule has 172 valence electrons. The SMILES string of the molecule is CC(Oc1cc(-c2ccc(C(=O)N3CC[C@H](N)C3)cc2)cnc1N)c1c(F)ccc(F)c1Cl. The highest BCUT2D eigenvalue weighted by molar-refractivity contribution is 6.31. The Hall–Kier alpha value is -3.23. The predicted molar refractivity (Wildman–Crippen MR) is 123 cm³/mol. The van der Waals surface area contributed by atoms with Crippen molar-refractivity contribution in [1.82, 2.24) is 9.88 Å². The van der Waals surface area contributed by atoms with Gasteiger partial charge >= 0.3 is 0 Å². The molecule has 2 atom stereocenters. The molecule has 1 aromatic heterocycles. The van der Waals surface area contributed by atoms with Crippen molar-refractivity contribution in [1.29, 1.82) is 0 Å². The fourth-order valence-corrected chi connectivity index (χ4v) is 4.14. The smallest absolute Gasteiger partial charge is 0.253 e. The number of carbonyl (C=O) groups is 1. The molecule has 0 aliphatic carbocycles. The minimum Gasteiger partial charge on any atom is -0.482 e. The first-order chi connectivity index (χ1) is 15.7. The Balaban J connectivity index is 1.55. The minimum atomic E-state index is -0.917. The van der Waals surface area contributed by atoms with E-state index in [0.29, 0.717) is 24.2 Å². The summed E-state index contributed by atoms with van der Waals surface area (Å²) >= 11 is 5.94. The highest BCUT2D eigenvalue weighted by atomic mass is 35.5. The molecule has 0 saturated carbocycles. The van der Waals surface area contributed by atoms with Crippen molar-refractivity contribution in [2.75, 3.05) is 18.8 Å². The van der Waals surface area contributed by atoms with Gasteiger partial charge in [0.15, 0.2) is 11.6 Å². The van der Waals surface area contributed by atoms with Gasteiger partial charge in [-0.25, -0.2) is 13.8 Å². The lowest BCUT2D eigenvalue weighted by Gasteiger charge is -2.19. The molecule has 1 fully saturated rings. The zero-order valence-corrected chi connectivity index (χ0v) is 18.7. The molecule has 0 radical (unpaired) electrons. The first-order valence-corrected chi connectivity index (χ1v) is 10.8. The second-order valence-electron chi connectivity index (χ2n) is 8.00. The molecule has 4 rings (SSSR count). The lowest BCUT2D eigenvalue weighted by atomic mass is 10.0. The Kier molecular flexibility index (Phi) is 6.49. The number of aromatic nitrogens is 1. The number of nitrogens with zero attached hydrogens (tertiary/aromatic N) is 2. The monoisotopic (exact) mass is 472 g/mol.